The van der Waals surface area contributed by atoms with Crippen molar-refractivity contribution in [2.75, 3.05) is 6.54 Å². The molecule has 1 atom stereocenters. The maximum absolute atomic E-state index is 12.2. The summed E-state index contributed by atoms with van der Waals surface area (Å²) < 4.78 is 7.64. The highest BCUT2D eigenvalue weighted by molar-refractivity contribution is 8.00. The molecule has 2 aromatic rings. The maximum Gasteiger partial charge on any atom is 0.321 e. The molecule has 3 amide bonds. The van der Waals surface area contributed by atoms with Gasteiger partial charge in [0, 0.05) is 13.1 Å². The van der Waals surface area contributed by atoms with Gasteiger partial charge in [-0.1, -0.05) is 30.0 Å². The van der Waals surface area contributed by atoms with E-state index in [2.05, 4.69) is 27.4 Å². The molecule has 0 saturated carbocycles. The summed E-state index contributed by atoms with van der Waals surface area (Å²) in [5.74, 6) is 0.971. The van der Waals surface area contributed by atoms with Gasteiger partial charge in [0.25, 0.3) is 0 Å². The number of nitrogens with one attached hydrogen (secondary N) is 2. The minimum Gasteiger partial charge on any atom is -0.486 e. The summed E-state index contributed by atoms with van der Waals surface area (Å²) in [6, 6.07) is 7.23. The molecule has 1 heterocycles. The monoisotopic (exact) mass is 403 g/mol. The molecule has 0 bridgehead atoms. The van der Waals surface area contributed by atoms with Gasteiger partial charge < -0.3 is 10.1 Å². The van der Waals surface area contributed by atoms with Crippen LogP contribution in [0.2, 0.25) is 0 Å². The van der Waals surface area contributed by atoms with Crippen LogP contribution in [0.1, 0.15) is 25.2 Å². The topological polar surface area (TPSA) is 98.1 Å². The molecular formula is C19H25N5O3S. The summed E-state index contributed by atoms with van der Waals surface area (Å²) in [6.07, 6.45) is 1.73. The van der Waals surface area contributed by atoms with Crippen LogP contribution in [0, 0.1) is 6.92 Å². The summed E-state index contributed by atoms with van der Waals surface area (Å²) in [4.78, 5) is 23.7. The van der Waals surface area contributed by atoms with Gasteiger partial charge in [0.15, 0.2) is 11.0 Å². The predicted octanol–water partition coefficient (Wildman–Crippen LogP) is 2.68. The quantitative estimate of drug-likeness (QED) is 0.493. The van der Waals surface area contributed by atoms with Crippen LogP contribution in [0.4, 0.5) is 4.79 Å². The molecule has 150 valence electrons. The standard InChI is InChI=1S/C19H25N5O3S/c1-5-10-24-16(12-27-15-9-7-8-13(3)11-15)22-23-19(24)28-14(4)17(25)21-18(26)20-6-2/h5,7-9,11,14H,1,6,10,12H2,2-4H3,(H2,20,21,25,26)/t14-/m1/s1. The molecule has 28 heavy (non-hydrogen) atoms. The van der Waals surface area contributed by atoms with Crippen molar-refractivity contribution >= 4 is 23.7 Å². The third kappa shape index (κ3) is 6.12. The molecule has 0 aliphatic rings. The Bertz CT molecular complexity index is 837. The summed E-state index contributed by atoms with van der Waals surface area (Å²) in [7, 11) is 0. The lowest BCUT2D eigenvalue weighted by Gasteiger charge is -2.13. The first-order valence-electron chi connectivity index (χ1n) is 8.92. The van der Waals surface area contributed by atoms with Gasteiger partial charge in [-0.25, -0.2) is 4.79 Å². The molecule has 0 fully saturated rings. The van der Waals surface area contributed by atoms with Gasteiger partial charge in [-0.2, -0.15) is 0 Å². The minimum absolute atomic E-state index is 0.240. The third-order valence-electron chi connectivity index (χ3n) is 3.69. The van der Waals surface area contributed by atoms with E-state index in [-0.39, 0.29) is 6.61 Å². The molecule has 2 N–H and O–H groups in total. The highest BCUT2D eigenvalue weighted by atomic mass is 32.2. The number of benzene rings is 1. The second kappa shape index (κ2) is 10.5. The number of imide groups is 1. The van der Waals surface area contributed by atoms with Crippen LogP contribution in [-0.4, -0.2) is 38.5 Å². The first-order valence-corrected chi connectivity index (χ1v) is 9.80. The number of carbonyl (C=O) groups excluding carboxylic acids is 2. The van der Waals surface area contributed by atoms with Gasteiger partial charge >= 0.3 is 6.03 Å². The zero-order valence-electron chi connectivity index (χ0n) is 16.3. The smallest absolute Gasteiger partial charge is 0.321 e. The lowest BCUT2D eigenvalue weighted by molar-refractivity contribution is -0.119. The van der Waals surface area contributed by atoms with Crippen molar-refractivity contribution in [3.05, 3.63) is 48.3 Å². The number of amides is 3. The van der Waals surface area contributed by atoms with E-state index in [0.29, 0.717) is 24.1 Å². The molecule has 9 heteroatoms. The Labute approximate surface area is 168 Å². The van der Waals surface area contributed by atoms with Crippen molar-refractivity contribution in [1.29, 1.82) is 0 Å². The molecule has 0 aliphatic heterocycles. The zero-order chi connectivity index (χ0) is 20.5. The normalized spacial score (nSPS) is 11.5. The van der Waals surface area contributed by atoms with Crippen molar-refractivity contribution < 1.29 is 14.3 Å². The molecule has 0 spiro atoms. The molecule has 0 saturated heterocycles. The van der Waals surface area contributed by atoms with Crippen molar-refractivity contribution in [2.24, 2.45) is 0 Å². The molecule has 0 radical (unpaired) electrons. The molecule has 0 aliphatic carbocycles. The fourth-order valence-corrected chi connectivity index (χ4v) is 3.19. The molecule has 1 aromatic heterocycles. The Morgan fingerprint density at radius 1 is 1.39 bits per heavy atom. The largest absolute Gasteiger partial charge is 0.486 e. The Morgan fingerprint density at radius 3 is 2.86 bits per heavy atom. The van der Waals surface area contributed by atoms with Crippen LogP contribution >= 0.6 is 11.8 Å². The average Bonchev–Trinajstić information content (AvgIpc) is 3.02. The van der Waals surface area contributed by atoms with E-state index in [0.717, 1.165) is 11.3 Å². The molecule has 2 rings (SSSR count). The van der Waals surface area contributed by atoms with E-state index >= 15 is 0 Å². The van der Waals surface area contributed by atoms with E-state index in [4.69, 9.17) is 4.74 Å². The number of urea groups is 1. The van der Waals surface area contributed by atoms with Crippen LogP contribution < -0.4 is 15.4 Å². The van der Waals surface area contributed by atoms with Crippen LogP contribution in [0.25, 0.3) is 0 Å². The number of aryl methyl sites for hydroxylation is 1. The van der Waals surface area contributed by atoms with Crippen molar-refractivity contribution in [3.63, 3.8) is 0 Å². The number of ether oxygens (including phenoxy) is 1. The van der Waals surface area contributed by atoms with E-state index < -0.39 is 17.2 Å². The number of carbonyl (C=O) groups is 2. The fourth-order valence-electron chi connectivity index (χ4n) is 2.31. The van der Waals surface area contributed by atoms with Gasteiger partial charge in [-0.05, 0) is 38.5 Å². The number of aromatic nitrogens is 3. The van der Waals surface area contributed by atoms with Crippen LogP contribution in [0.5, 0.6) is 5.75 Å². The fraction of sp³-hybridized carbons (Fsp3) is 0.368. The van der Waals surface area contributed by atoms with Gasteiger partial charge in [-0.3, -0.25) is 14.7 Å². The van der Waals surface area contributed by atoms with Gasteiger partial charge in [-0.15, -0.1) is 16.8 Å². The van der Waals surface area contributed by atoms with Gasteiger partial charge in [0.05, 0.1) is 5.25 Å². The Morgan fingerprint density at radius 2 is 2.18 bits per heavy atom. The molecule has 8 nitrogen and oxygen atoms in total. The van der Waals surface area contributed by atoms with E-state index in [9.17, 15) is 9.59 Å². The van der Waals surface area contributed by atoms with Gasteiger partial charge in [0.1, 0.15) is 12.4 Å². The average molecular weight is 404 g/mol. The number of thioether (sulfide) groups is 1. The molecule has 0 unspecified atom stereocenters. The highest BCUT2D eigenvalue weighted by Gasteiger charge is 2.21. The summed E-state index contributed by atoms with van der Waals surface area (Å²) in [6.45, 7) is 10.4. The summed E-state index contributed by atoms with van der Waals surface area (Å²) in [5.41, 5.74) is 1.10. The Balaban J connectivity index is 2.05. The number of rotatable bonds is 9. The molecular weight excluding hydrogens is 378 g/mol. The SMILES string of the molecule is C=CCn1c(COc2cccc(C)c2)nnc1S[C@H](C)C(=O)NC(=O)NCC. The second-order valence-corrected chi connectivity index (χ2v) is 7.32. The Kier molecular flexibility index (Phi) is 8.06. The Hall–Kier alpha value is -2.81. The van der Waals surface area contributed by atoms with Crippen LogP contribution in [-0.2, 0) is 17.9 Å². The zero-order valence-corrected chi connectivity index (χ0v) is 17.1. The second-order valence-electron chi connectivity index (χ2n) is 6.01. The third-order valence-corrected chi connectivity index (χ3v) is 4.77. The number of hydrogen-bond donors (Lipinski definition) is 2. The van der Waals surface area contributed by atoms with Crippen molar-refractivity contribution in [3.8, 4) is 5.75 Å². The number of hydrogen-bond acceptors (Lipinski definition) is 6. The first kappa shape index (κ1) is 21.5. The number of nitrogens with zero attached hydrogens (tertiary/aromatic N) is 3. The van der Waals surface area contributed by atoms with Gasteiger partial charge in [0.2, 0.25) is 5.91 Å². The lowest BCUT2D eigenvalue weighted by atomic mass is 10.2. The van der Waals surface area contributed by atoms with Crippen molar-refractivity contribution in [2.45, 2.75) is 44.3 Å². The summed E-state index contributed by atoms with van der Waals surface area (Å²) >= 11 is 1.22. The maximum atomic E-state index is 12.2. The number of allylic oxidation sites excluding steroid dienone is 1. The highest BCUT2D eigenvalue weighted by Crippen LogP contribution is 2.23. The lowest BCUT2D eigenvalue weighted by Crippen LogP contribution is -2.42. The van der Waals surface area contributed by atoms with Crippen LogP contribution in [0.3, 0.4) is 0 Å². The van der Waals surface area contributed by atoms with E-state index in [1.54, 1.807) is 19.9 Å². The predicted molar refractivity (Wildman–Crippen MR) is 108 cm³/mol. The van der Waals surface area contributed by atoms with E-state index in [1.165, 1.54) is 11.8 Å². The summed E-state index contributed by atoms with van der Waals surface area (Å²) in [5, 5.41) is 13.2. The van der Waals surface area contributed by atoms with Crippen LogP contribution in [0.15, 0.2) is 42.1 Å². The minimum atomic E-state index is -0.527. The molecule has 1 aromatic carbocycles. The van der Waals surface area contributed by atoms with E-state index in [1.807, 2.05) is 35.8 Å². The van der Waals surface area contributed by atoms with Crippen molar-refractivity contribution in [1.82, 2.24) is 25.4 Å². The first-order chi connectivity index (χ1) is 13.4.